The zero-order valence-corrected chi connectivity index (χ0v) is 6.97. The van der Waals surface area contributed by atoms with Crippen molar-refractivity contribution in [3.05, 3.63) is 0 Å². The third-order valence-electron chi connectivity index (χ3n) is 4.48. The molecule has 0 aromatic rings. The van der Waals surface area contributed by atoms with Crippen molar-refractivity contribution in [2.75, 3.05) is 6.61 Å². The molecule has 1 heteroatoms. The molecule has 0 amide bonds. The quantitative estimate of drug-likeness (QED) is 0.609. The maximum absolute atomic E-state index is 9.30. The summed E-state index contributed by atoms with van der Waals surface area (Å²) in [7, 11) is 0. The third kappa shape index (κ3) is 0.658. The lowest BCUT2D eigenvalue weighted by molar-refractivity contribution is 0.0754. The van der Waals surface area contributed by atoms with E-state index < -0.39 is 0 Å². The van der Waals surface area contributed by atoms with Gasteiger partial charge in [0.15, 0.2) is 0 Å². The Hall–Kier alpha value is -0.0400. The Bertz CT molecular complexity index is 201. The van der Waals surface area contributed by atoms with Crippen LogP contribution in [0, 0.1) is 16.7 Å². The lowest BCUT2D eigenvalue weighted by atomic mass is 9.72. The van der Waals surface area contributed by atoms with Crippen molar-refractivity contribution in [1.29, 1.82) is 0 Å². The molecule has 1 spiro atoms. The standard InChI is InChI=1S/C10H16O/c11-7-9-2-1-3-10(6-9)5-8(10)4-9/h8,11H,1-7H2. The van der Waals surface area contributed by atoms with E-state index in [1.807, 2.05) is 0 Å². The number of aliphatic hydroxyl groups is 1. The fourth-order valence-corrected chi connectivity index (χ4v) is 3.88. The van der Waals surface area contributed by atoms with Crippen LogP contribution in [-0.4, -0.2) is 11.7 Å². The largest absolute Gasteiger partial charge is 0.396 e. The average Bonchev–Trinajstić information content (AvgIpc) is 2.57. The van der Waals surface area contributed by atoms with Crippen molar-refractivity contribution in [1.82, 2.24) is 0 Å². The highest BCUT2D eigenvalue weighted by molar-refractivity contribution is 5.15. The molecule has 3 aliphatic rings. The molecular weight excluding hydrogens is 136 g/mol. The molecule has 0 aliphatic heterocycles. The summed E-state index contributed by atoms with van der Waals surface area (Å²) in [5.74, 6) is 1.03. The maximum atomic E-state index is 9.30. The Labute approximate surface area is 67.8 Å². The molecule has 0 radical (unpaired) electrons. The molecule has 3 rings (SSSR count). The average molecular weight is 152 g/mol. The smallest absolute Gasteiger partial charge is 0.0487 e. The van der Waals surface area contributed by atoms with Crippen LogP contribution in [0.4, 0.5) is 0 Å². The Morgan fingerprint density at radius 2 is 2.18 bits per heavy atom. The van der Waals surface area contributed by atoms with Crippen LogP contribution in [0.15, 0.2) is 0 Å². The van der Waals surface area contributed by atoms with E-state index in [1.54, 1.807) is 0 Å². The van der Waals surface area contributed by atoms with Crippen LogP contribution in [-0.2, 0) is 0 Å². The van der Waals surface area contributed by atoms with Gasteiger partial charge < -0.3 is 5.11 Å². The van der Waals surface area contributed by atoms with E-state index in [9.17, 15) is 5.11 Å². The van der Waals surface area contributed by atoms with Crippen LogP contribution in [0.3, 0.4) is 0 Å². The van der Waals surface area contributed by atoms with Gasteiger partial charge in [0.25, 0.3) is 0 Å². The lowest BCUT2D eigenvalue weighted by Crippen LogP contribution is -2.28. The first kappa shape index (κ1) is 6.47. The summed E-state index contributed by atoms with van der Waals surface area (Å²) >= 11 is 0. The highest BCUT2D eigenvalue weighted by Gasteiger charge is 2.65. The van der Waals surface area contributed by atoms with E-state index >= 15 is 0 Å². The predicted octanol–water partition coefficient (Wildman–Crippen LogP) is 1.95. The lowest BCUT2D eigenvalue weighted by Gasteiger charge is -2.34. The highest BCUT2D eigenvalue weighted by atomic mass is 16.3. The molecule has 3 aliphatic carbocycles. The van der Waals surface area contributed by atoms with E-state index in [0.29, 0.717) is 12.0 Å². The van der Waals surface area contributed by atoms with Crippen LogP contribution in [0.1, 0.15) is 38.5 Å². The van der Waals surface area contributed by atoms with Crippen molar-refractivity contribution in [3.63, 3.8) is 0 Å². The second kappa shape index (κ2) is 1.66. The molecule has 1 nitrogen and oxygen atoms in total. The normalized spacial score (nSPS) is 59.2. The molecule has 0 saturated heterocycles. The van der Waals surface area contributed by atoms with Gasteiger partial charge in [0, 0.05) is 6.61 Å². The molecule has 0 aromatic carbocycles. The van der Waals surface area contributed by atoms with Gasteiger partial charge in [-0.2, -0.15) is 0 Å². The molecule has 2 bridgehead atoms. The molecule has 3 atom stereocenters. The van der Waals surface area contributed by atoms with Gasteiger partial charge in [0.1, 0.15) is 0 Å². The Kier molecular flexibility index (Phi) is 0.976. The van der Waals surface area contributed by atoms with Gasteiger partial charge >= 0.3 is 0 Å². The van der Waals surface area contributed by atoms with Crippen LogP contribution in [0.25, 0.3) is 0 Å². The first-order valence-electron chi connectivity index (χ1n) is 4.90. The first-order chi connectivity index (χ1) is 5.29. The molecule has 3 unspecified atom stereocenters. The minimum absolute atomic E-state index is 0.404. The van der Waals surface area contributed by atoms with Crippen molar-refractivity contribution >= 4 is 0 Å². The van der Waals surface area contributed by atoms with Crippen LogP contribution < -0.4 is 0 Å². The number of rotatable bonds is 1. The van der Waals surface area contributed by atoms with Crippen molar-refractivity contribution in [2.24, 2.45) is 16.7 Å². The monoisotopic (exact) mass is 152 g/mol. The van der Waals surface area contributed by atoms with Gasteiger partial charge in [-0.05, 0) is 48.9 Å². The summed E-state index contributed by atoms with van der Waals surface area (Å²) in [6, 6.07) is 0. The van der Waals surface area contributed by atoms with E-state index in [2.05, 4.69) is 0 Å². The van der Waals surface area contributed by atoms with Gasteiger partial charge in [-0.15, -0.1) is 0 Å². The summed E-state index contributed by atoms with van der Waals surface area (Å²) in [5, 5.41) is 9.30. The zero-order valence-electron chi connectivity index (χ0n) is 6.97. The number of hydrogen-bond acceptors (Lipinski definition) is 1. The maximum Gasteiger partial charge on any atom is 0.0487 e. The predicted molar refractivity (Wildman–Crippen MR) is 43.1 cm³/mol. The van der Waals surface area contributed by atoms with E-state index in [-0.39, 0.29) is 0 Å². The van der Waals surface area contributed by atoms with Crippen molar-refractivity contribution < 1.29 is 5.11 Å². The first-order valence-corrected chi connectivity index (χ1v) is 4.90. The van der Waals surface area contributed by atoms with E-state index in [0.717, 1.165) is 11.3 Å². The van der Waals surface area contributed by atoms with E-state index in [4.69, 9.17) is 0 Å². The highest BCUT2D eigenvalue weighted by Crippen LogP contribution is 2.74. The molecule has 1 N–H and O–H groups in total. The second-order valence-electron chi connectivity index (χ2n) is 5.16. The Morgan fingerprint density at radius 1 is 1.27 bits per heavy atom. The topological polar surface area (TPSA) is 20.2 Å². The number of fused-ring (bicyclic) bond motifs is 1. The minimum atomic E-state index is 0.404. The third-order valence-corrected chi connectivity index (χ3v) is 4.48. The second-order valence-corrected chi connectivity index (χ2v) is 5.16. The SMILES string of the molecule is OCC12CCCC3(CC3C1)C2. The van der Waals surface area contributed by atoms with Gasteiger partial charge in [-0.1, -0.05) is 6.42 Å². The summed E-state index contributed by atoms with van der Waals surface area (Å²) < 4.78 is 0. The van der Waals surface area contributed by atoms with Gasteiger partial charge in [-0.25, -0.2) is 0 Å². The van der Waals surface area contributed by atoms with Crippen molar-refractivity contribution in [3.8, 4) is 0 Å². The molecule has 62 valence electrons. The molecule has 3 fully saturated rings. The fourth-order valence-electron chi connectivity index (χ4n) is 3.88. The number of aliphatic hydroxyl groups excluding tert-OH is 1. The fraction of sp³-hybridized carbons (Fsp3) is 1.00. The minimum Gasteiger partial charge on any atom is -0.396 e. The molecule has 0 heterocycles. The van der Waals surface area contributed by atoms with Crippen LogP contribution >= 0.6 is 0 Å². The molecular formula is C10H16O. The van der Waals surface area contributed by atoms with E-state index in [1.165, 1.54) is 38.5 Å². The van der Waals surface area contributed by atoms with Crippen LogP contribution in [0.2, 0.25) is 0 Å². The van der Waals surface area contributed by atoms with Crippen LogP contribution in [0.5, 0.6) is 0 Å². The zero-order chi connectivity index (χ0) is 7.53. The summed E-state index contributed by atoms with van der Waals surface area (Å²) in [4.78, 5) is 0. The van der Waals surface area contributed by atoms with Gasteiger partial charge in [-0.3, -0.25) is 0 Å². The summed E-state index contributed by atoms with van der Waals surface area (Å²) in [5.41, 5.74) is 1.17. The molecule has 11 heavy (non-hydrogen) atoms. The van der Waals surface area contributed by atoms with Crippen molar-refractivity contribution in [2.45, 2.75) is 38.5 Å². The Morgan fingerprint density at radius 3 is 2.91 bits per heavy atom. The molecule has 0 aromatic heterocycles. The summed E-state index contributed by atoms with van der Waals surface area (Å²) in [6.07, 6.45) is 8.37. The van der Waals surface area contributed by atoms with Gasteiger partial charge in [0.2, 0.25) is 0 Å². The summed E-state index contributed by atoms with van der Waals surface area (Å²) in [6.45, 7) is 0.464. The number of hydrogen-bond donors (Lipinski definition) is 1. The molecule has 3 saturated carbocycles. The van der Waals surface area contributed by atoms with Gasteiger partial charge in [0.05, 0.1) is 0 Å². The Balaban J connectivity index is 1.92.